The Morgan fingerprint density at radius 3 is 2.50 bits per heavy atom. The fourth-order valence-electron chi connectivity index (χ4n) is 3.20. The van der Waals surface area contributed by atoms with E-state index in [1.54, 1.807) is 0 Å². The standard InChI is InChI=1S/C18H28N2/c1-13(2)20(12-14-6-7-14)18(11-19)17-5-3-4-16(10-17)15-8-9-15/h3-5,10,13-15,18H,6-9,11-12,19H2,1-2H3. The first-order valence-corrected chi connectivity index (χ1v) is 8.24. The molecule has 2 saturated carbocycles. The van der Waals surface area contributed by atoms with Crippen molar-refractivity contribution in [2.24, 2.45) is 11.7 Å². The van der Waals surface area contributed by atoms with Gasteiger partial charge in [-0.25, -0.2) is 0 Å². The SMILES string of the molecule is CC(C)N(CC1CC1)C(CN)c1cccc(C2CC2)c1. The second-order valence-electron chi connectivity index (χ2n) is 6.93. The molecule has 0 heterocycles. The van der Waals surface area contributed by atoms with Gasteiger partial charge in [0, 0.05) is 25.2 Å². The van der Waals surface area contributed by atoms with E-state index in [2.05, 4.69) is 43.0 Å². The van der Waals surface area contributed by atoms with Gasteiger partial charge in [0.2, 0.25) is 0 Å². The maximum atomic E-state index is 6.14. The molecule has 0 radical (unpaired) electrons. The van der Waals surface area contributed by atoms with Gasteiger partial charge in [-0.1, -0.05) is 24.3 Å². The van der Waals surface area contributed by atoms with E-state index in [0.717, 1.165) is 18.4 Å². The van der Waals surface area contributed by atoms with Gasteiger partial charge < -0.3 is 5.73 Å². The fraction of sp³-hybridized carbons (Fsp3) is 0.667. The molecule has 1 aromatic carbocycles. The van der Waals surface area contributed by atoms with Crippen LogP contribution in [-0.4, -0.2) is 24.0 Å². The number of hydrogen-bond donors (Lipinski definition) is 1. The Kier molecular flexibility index (Phi) is 4.13. The van der Waals surface area contributed by atoms with E-state index >= 15 is 0 Å². The van der Waals surface area contributed by atoms with E-state index in [0.29, 0.717) is 12.1 Å². The molecule has 0 amide bonds. The number of hydrogen-bond acceptors (Lipinski definition) is 2. The van der Waals surface area contributed by atoms with Crippen molar-refractivity contribution in [2.75, 3.05) is 13.1 Å². The molecule has 1 unspecified atom stereocenters. The molecule has 2 heteroatoms. The summed E-state index contributed by atoms with van der Waals surface area (Å²) in [5.74, 6) is 1.74. The minimum Gasteiger partial charge on any atom is -0.329 e. The van der Waals surface area contributed by atoms with Gasteiger partial charge in [-0.05, 0) is 62.5 Å². The number of rotatable bonds is 7. The van der Waals surface area contributed by atoms with Crippen molar-refractivity contribution < 1.29 is 0 Å². The average Bonchev–Trinajstić information content (AvgIpc) is 3.31. The highest BCUT2D eigenvalue weighted by Gasteiger charge is 2.30. The van der Waals surface area contributed by atoms with E-state index < -0.39 is 0 Å². The van der Waals surface area contributed by atoms with Crippen molar-refractivity contribution in [1.29, 1.82) is 0 Å². The van der Waals surface area contributed by atoms with Crippen LogP contribution < -0.4 is 5.73 Å². The van der Waals surface area contributed by atoms with Crippen LogP contribution in [0.3, 0.4) is 0 Å². The van der Waals surface area contributed by atoms with Gasteiger partial charge in [0.25, 0.3) is 0 Å². The predicted molar refractivity (Wildman–Crippen MR) is 84.8 cm³/mol. The second-order valence-corrected chi connectivity index (χ2v) is 6.93. The molecule has 3 rings (SSSR count). The molecule has 0 aliphatic heterocycles. The third-order valence-corrected chi connectivity index (χ3v) is 4.80. The lowest BCUT2D eigenvalue weighted by Crippen LogP contribution is -2.40. The molecule has 0 spiro atoms. The lowest BCUT2D eigenvalue weighted by atomic mass is 9.99. The molecule has 0 bridgehead atoms. The molecule has 1 aromatic rings. The Balaban J connectivity index is 1.80. The molecule has 1 atom stereocenters. The zero-order valence-electron chi connectivity index (χ0n) is 12.9. The van der Waals surface area contributed by atoms with Crippen LogP contribution in [0, 0.1) is 5.92 Å². The van der Waals surface area contributed by atoms with Gasteiger partial charge in [-0.15, -0.1) is 0 Å². The van der Waals surface area contributed by atoms with Crippen LogP contribution >= 0.6 is 0 Å². The molecule has 2 aliphatic rings. The van der Waals surface area contributed by atoms with Crippen molar-refractivity contribution in [3.8, 4) is 0 Å². The first kappa shape index (κ1) is 14.1. The van der Waals surface area contributed by atoms with E-state index in [1.165, 1.54) is 43.4 Å². The van der Waals surface area contributed by atoms with Gasteiger partial charge in [-0.3, -0.25) is 4.90 Å². The zero-order chi connectivity index (χ0) is 14.1. The molecule has 2 fully saturated rings. The Bertz CT molecular complexity index is 446. The molecule has 2 nitrogen and oxygen atoms in total. The minimum absolute atomic E-state index is 0.384. The fourth-order valence-corrected chi connectivity index (χ4v) is 3.20. The molecule has 2 aliphatic carbocycles. The lowest BCUT2D eigenvalue weighted by molar-refractivity contribution is 0.149. The van der Waals surface area contributed by atoms with Crippen LogP contribution in [0.15, 0.2) is 24.3 Å². The highest BCUT2D eigenvalue weighted by molar-refractivity contribution is 5.31. The van der Waals surface area contributed by atoms with Crippen LogP contribution in [0.5, 0.6) is 0 Å². The maximum absolute atomic E-state index is 6.14. The molecular weight excluding hydrogens is 244 g/mol. The van der Waals surface area contributed by atoms with Crippen molar-refractivity contribution in [3.63, 3.8) is 0 Å². The maximum Gasteiger partial charge on any atom is 0.0473 e. The van der Waals surface area contributed by atoms with Crippen LogP contribution in [0.4, 0.5) is 0 Å². The third kappa shape index (κ3) is 3.24. The summed E-state index contributed by atoms with van der Waals surface area (Å²) in [6, 6.07) is 10.1. The third-order valence-electron chi connectivity index (χ3n) is 4.80. The van der Waals surface area contributed by atoms with Gasteiger partial charge in [0.1, 0.15) is 0 Å². The molecular formula is C18H28N2. The van der Waals surface area contributed by atoms with Crippen molar-refractivity contribution >= 4 is 0 Å². The minimum atomic E-state index is 0.384. The number of benzene rings is 1. The normalized spacial score (nSPS) is 20.6. The predicted octanol–water partition coefficient (Wildman–Crippen LogP) is 3.68. The lowest BCUT2D eigenvalue weighted by Gasteiger charge is -2.35. The van der Waals surface area contributed by atoms with Crippen LogP contribution in [0.1, 0.15) is 62.6 Å². The number of nitrogens with two attached hydrogens (primary N) is 1. The Hall–Kier alpha value is -0.860. The largest absolute Gasteiger partial charge is 0.329 e. The Morgan fingerprint density at radius 2 is 1.95 bits per heavy atom. The highest BCUT2D eigenvalue weighted by Crippen LogP contribution is 2.41. The van der Waals surface area contributed by atoms with Crippen molar-refractivity contribution in [2.45, 2.75) is 57.5 Å². The van der Waals surface area contributed by atoms with Crippen LogP contribution in [0.25, 0.3) is 0 Å². The molecule has 20 heavy (non-hydrogen) atoms. The van der Waals surface area contributed by atoms with Crippen molar-refractivity contribution in [3.05, 3.63) is 35.4 Å². The quantitative estimate of drug-likeness (QED) is 0.820. The smallest absolute Gasteiger partial charge is 0.0473 e. The van der Waals surface area contributed by atoms with Crippen molar-refractivity contribution in [1.82, 2.24) is 4.90 Å². The summed E-state index contributed by atoms with van der Waals surface area (Å²) in [7, 11) is 0. The molecule has 0 saturated heterocycles. The summed E-state index contributed by atoms with van der Waals surface area (Å²) in [4.78, 5) is 2.61. The summed E-state index contributed by atoms with van der Waals surface area (Å²) in [6.07, 6.45) is 5.55. The summed E-state index contributed by atoms with van der Waals surface area (Å²) in [5, 5.41) is 0. The highest BCUT2D eigenvalue weighted by atomic mass is 15.2. The van der Waals surface area contributed by atoms with Gasteiger partial charge >= 0.3 is 0 Å². The summed E-state index contributed by atoms with van der Waals surface area (Å²) < 4.78 is 0. The zero-order valence-corrected chi connectivity index (χ0v) is 12.9. The molecule has 0 aromatic heterocycles. The van der Waals surface area contributed by atoms with E-state index in [4.69, 9.17) is 5.73 Å². The Labute approximate surface area is 123 Å². The first-order chi connectivity index (χ1) is 9.69. The van der Waals surface area contributed by atoms with Gasteiger partial charge in [0.05, 0.1) is 0 Å². The first-order valence-electron chi connectivity index (χ1n) is 8.24. The Morgan fingerprint density at radius 1 is 1.20 bits per heavy atom. The van der Waals surface area contributed by atoms with E-state index in [-0.39, 0.29) is 0 Å². The van der Waals surface area contributed by atoms with E-state index in [9.17, 15) is 0 Å². The molecule has 110 valence electrons. The monoisotopic (exact) mass is 272 g/mol. The van der Waals surface area contributed by atoms with Crippen LogP contribution in [0.2, 0.25) is 0 Å². The van der Waals surface area contributed by atoms with Gasteiger partial charge in [0.15, 0.2) is 0 Å². The molecule has 2 N–H and O–H groups in total. The number of nitrogens with zero attached hydrogens (tertiary/aromatic N) is 1. The summed E-state index contributed by atoms with van der Waals surface area (Å²) in [6.45, 7) is 6.54. The summed E-state index contributed by atoms with van der Waals surface area (Å²) >= 11 is 0. The van der Waals surface area contributed by atoms with E-state index in [1.807, 2.05) is 0 Å². The summed E-state index contributed by atoms with van der Waals surface area (Å²) in [5.41, 5.74) is 9.09. The van der Waals surface area contributed by atoms with Gasteiger partial charge in [-0.2, -0.15) is 0 Å². The topological polar surface area (TPSA) is 29.3 Å². The van der Waals surface area contributed by atoms with Crippen LogP contribution in [-0.2, 0) is 0 Å². The second kappa shape index (κ2) is 5.87. The average molecular weight is 272 g/mol.